The lowest BCUT2D eigenvalue weighted by molar-refractivity contribution is -0.156. The minimum atomic E-state index is -0.815. The number of hydrogen-bond acceptors (Lipinski definition) is 8. The van der Waals surface area contributed by atoms with Gasteiger partial charge in [-0.1, -0.05) is 27.7 Å². The van der Waals surface area contributed by atoms with Crippen LogP contribution in [0, 0.1) is 87.1 Å². The van der Waals surface area contributed by atoms with Crippen LogP contribution < -0.4 is 9.47 Å². The van der Waals surface area contributed by atoms with Crippen molar-refractivity contribution in [2.45, 2.75) is 149 Å². The van der Waals surface area contributed by atoms with E-state index in [2.05, 4.69) is 0 Å². The molecule has 0 radical (unpaired) electrons. The van der Waals surface area contributed by atoms with E-state index in [0.29, 0.717) is 98.0 Å². The van der Waals surface area contributed by atoms with Crippen LogP contribution in [0.2, 0.25) is 0 Å². The van der Waals surface area contributed by atoms with Crippen molar-refractivity contribution in [2.24, 2.45) is 28.1 Å². The summed E-state index contributed by atoms with van der Waals surface area (Å²) in [4.78, 5) is 34.6. The predicted molar refractivity (Wildman–Crippen MR) is 259 cm³/mol. The minimum absolute atomic E-state index is 0.0255. The molecule has 3 rings (SSSR count). The van der Waals surface area contributed by atoms with Gasteiger partial charge in [0, 0.05) is 22.6 Å². The topological polar surface area (TPSA) is 129 Å². The van der Waals surface area contributed by atoms with Gasteiger partial charge in [-0.2, -0.15) is 0 Å². The minimum Gasteiger partial charge on any atom is -0.508 e. The average Bonchev–Trinajstić information content (AvgIpc) is 3.21. The molecule has 0 spiro atoms. The highest BCUT2D eigenvalue weighted by Crippen LogP contribution is 2.29. The van der Waals surface area contributed by atoms with E-state index < -0.39 is 22.2 Å². The SMILES string of the molecule is CC(C)COC(=O)C(C)(C)CCCCl.Cc1cc(F)c(C)c(OCCCC(C)(C)C(=O)O)c1.Cc1cc(F)c(C)c(OCCCC(C)(C)C(=O)OCC(C)C)c1.Cc1cc(O)c(C)c(F)c1. The van der Waals surface area contributed by atoms with E-state index in [1.54, 1.807) is 53.7 Å². The van der Waals surface area contributed by atoms with Crippen LogP contribution in [0.15, 0.2) is 36.4 Å². The third kappa shape index (κ3) is 23.8. The van der Waals surface area contributed by atoms with Crippen molar-refractivity contribution in [3.05, 3.63) is 87.2 Å². The number of carboxylic acids is 1. The number of aliphatic carboxylic acids is 1. The molecule has 0 saturated heterocycles. The van der Waals surface area contributed by atoms with Crippen molar-refractivity contribution in [3.8, 4) is 17.2 Å². The Balaban J connectivity index is 0.000000889. The number of rotatable bonds is 20. The normalized spacial score (nSPS) is 11.4. The molecule has 3 aromatic rings. The first-order valence-corrected chi connectivity index (χ1v) is 23.3. The molecule has 0 heterocycles. The second-order valence-corrected chi connectivity index (χ2v) is 20.1. The second kappa shape index (κ2) is 29.3. The number of ether oxygens (including phenoxy) is 4. The van der Waals surface area contributed by atoms with Crippen LogP contribution in [-0.4, -0.2) is 60.4 Å². The second-order valence-electron chi connectivity index (χ2n) is 19.8. The van der Waals surface area contributed by atoms with E-state index in [1.807, 2.05) is 75.3 Å². The molecule has 13 heteroatoms. The Bertz CT molecular complexity index is 1950. The molecule has 3 aromatic carbocycles. The number of aromatic hydroxyl groups is 1. The van der Waals surface area contributed by atoms with Gasteiger partial charge in [-0.05, 0) is 187 Å². The number of hydrogen-bond donors (Lipinski definition) is 2. The Hall–Kier alpha value is -4.45. The number of phenolic OH excluding ortho intramolecular Hbond substituents is 1. The van der Waals surface area contributed by atoms with Gasteiger partial charge in [0.25, 0.3) is 0 Å². The van der Waals surface area contributed by atoms with Gasteiger partial charge in [0.1, 0.15) is 34.7 Å². The molecule has 0 saturated carbocycles. The number of phenols is 1. The fourth-order valence-corrected chi connectivity index (χ4v) is 5.88. The van der Waals surface area contributed by atoms with Crippen LogP contribution in [0.25, 0.3) is 0 Å². The van der Waals surface area contributed by atoms with E-state index >= 15 is 0 Å². The highest BCUT2D eigenvalue weighted by atomic mass is 35.5. The van der Waals surface area contributed by atoms with E-state index in [9.17, 15) is 27.6 Å². The lowest BCUT2D eigenvalue weighted by Gasteiger charge is -2.23. The summed E-state index contributed by atoms with van der Waals surface area (Å²) in [5.74, 6) is 0.466. The Morgan fingerprint density at radius 1 is 0.561 bits per heavy atom. The Morgan fingerprint density at radius 3 is 1.23 bits per heavy atom. The molecule has 0 bridgehead atoms. The number of alkyl halides is 1. The number of benzene rings is 3. The molecule has 0 aromatic heterocycles. The van der Waals surface area contributed by atoms with E-state index in [0.717, 1.165) is 29.5 Å². The zero-order valence-electron chi connectivity index (χ0n) is 42.7. The van der Waals surface area contributed by atoms with Crippen molar-refractivity contribution in [1.82, 2.24) is 0 Å². The van der Waals surface area contributed by atoms with Crippen LogP contribution in [0.3, 0.4) is 0 Å². The maximum atomic E-state index is 13.7. The maximum absolute atomic E-state index is 13.7. The molecule has 66 heavy (non-hydrogen) atoms. The largest absolute Gasteiger partial charge is 0.508 e. The van der Waals surface area contributed by atoms with E-state index in [1.165, 1.54) is 18.2 Å². The van der Waals surface area contributed by atoms with Gasteiger partial charge < -0.3 is 29.2 Å². The Kier molecular flexibility index (Phi) is 27.4. The monoisotopic (exact) mass is 953 g/mol. The molecule has 0 aliphatic rings. The maximum Gasteiger partial charge on any atom is 0.311 e. The average molecular weight is 954 g/mol. The predicted octanol–water partition coefficient (Wildman–Crippen LogP) is 13.9. The van der Waals surface area contributed by atoms with Crippen molar-refractivity contribution in [2.75, 3.05) is 32.3 Å². The first kappa shape index (κ1) is 61.5. The number of carboxylic acid groups (broad SMARTS) is 1. The number of esters is 2. The Labute approximate surface area is 399 Å². The number of aryl methyl sites for hydroxylation is 3. The molecule has 2 N–H and O–H groups in total. The summed E-state index contributed by atoms with van der Waals surface area (Å²) >= 11 is 5.59. The van der Waals surface area contributed by atoms with Crippen LogP contribution in [0.5, 0.6) is 17.2 Å². The molecular weight excluding hydrogens is 873 g/mol. The van der Waals surface area contributed by atoms with Gasteiger partial charge in [0.15, 0.2) is 0 Å². The quantitative estimate of drug-likeness (QED) is 0.0646. The van der Waals surface area contributed by atoms with Crippen molar-refractivity contribution >= 4 is 29.5 Å². The van der Waals surface area contributed by atoms with Gasteiger partial charge in [-0.25, -0.2) is 13.2 Å². The van der Waals surface area contributed by atoms with Crippen molar-refractivity contribution in [1.29, 1.82) is 0 Å². The summed E-state index contributed by atoms with van der Waals surface area (Å²) in [6.45, 7) is 31.1. The molecule has 374 valence electrons. The van der Waals surface area contributed by atoms with Crippen LogP contribution >= 0.6 is 11.6 Å². The van der Waals surface area contributed by atoms with E-state index in [-0.39, 0.29) is 35.1 Å². The summed E-state index contributed by atoms with van der Waals surface area (Å²) in [7, 11) is 0. The summed E-state index contributed by atoms with van der Waals surface area (Å²) in [5.41, 5.74) is 2.01. The number of carbonyl (C=O) groups excluding carboxylic acids is 2. The Morgan fingerprint density at radius 2 is 0.894 bits per heavy atom. The molecule has 0 unspecified atom stereocenters. The first-order valence-electron chi connectivity index (χ1n) is 22.8. The fraction of sp³-hybridized carbons (Fsp3) is 0.604. The zero-order chi connectivity index (χ0) is 51.2. The summed E-state index contributed by atoms with van der Waals surface area (Å²) in [6, 6.07) is 9.53. The third-order valence-electron chi connectivity index (χ3n) is 10.5. The van der Waals surface area contributed by atoms with Crippen LogP contribution in [0.1, 0.15) is 141 Å². The van der Waals surface area contributed by atoms with Gasteiger partial charge in [0.05, 0.1) is 42.7 Å². The van der Waals surface area contributed by atoms with E-state index in [4.69, 9.17) is 40.8 Å². The lowest BCUT2D eigenvalue weighted by atomic mass is 9.88. The fourth-order valence-electron chi connectivity index (χ4n) is 5.75. The van der Waals surface area contributed by atoms with Crippen LogP contribution in [-0.2, 0) is 23.9 Å². The zero-order valence-corrected chi connectivity index (χ0v) is 43.4. The number of carbonyl (C=O) groups is 3. The molecule has 9 nitrogen and oxygen atoms in total. The molecule has 0 aliphatic carbocycles. The molecular formula is C53H80ClF3O9. The van der Waals surface area contributed by atoms with Gasteiger partial charge in [-0.3, -0.25) is 14.4 Å². The van der Waals surface area contributed by atoms with Crippen molar-refractivity contribution in [3.63, 3.8) is 0 Å². The first-order chi connectivity index (χ1) is 30.4. The van der Waals surface area contributed by atoms with Crippen LogP contribution in [0.4, 0.5) is 13.2 Å². The highest BCUT2D eigenvalue weighted by Gasteiger charge is 2.30. The molecule has 0 atom stereocenters. The summed E-state index contributed by atoms with van der Waals surface area (Å²) in [6.07, 6.45) is 4.15. The highest BCUT2D eigenvalue weighted by molar-refractivity contribution is 6.17. The molecule has 0 amide bonds. The lowest BCUT2D eigenvalue weighted by Crippen LogP contribution is -2.28. The summed E-state index contributed by atoms with van der Waals surface area (Å²) < 4.78 is 61.5. The smallest absolute Gasteiger partial charge is 0.311 e. The standard InChI is InChI=1S/C19H29FO3.C15H21FO3.C11H21ClO2.C8H9FO/c1-13(2)12-23-18(21)19(5,6)8-7-9-22-17-11-14(3)10-16(20)15(17)4;1-10-8-12(16)11(2)13(9-10)19-7-5-6-15(3,4)14(17)18;1-9(2)8-14-10(13)11(3,4)6-5-7-12;1-5-3-7(9)6(2)8(10)4-5/h10-11,13H,7-9,12H2,1-6H3;8-9H,5-7H2,1-4H3,(H,17,18);9H,5-8H2,1-4H3;3-4,10H,1-2H3. The molecule has 0 aliphatic heterocycles. The van der Waals surface area contributed by atoms with Gasteiger partial charge in [0.2, 0.25) is 0 Å². The van der Waals surface area contributed by atoms with Crippen molar-refractivity contribution < 1.29 is 56.7 Å². The third-order valence-corrected chi connectivity index (χ3v) is 10.7. The summed E-state index contributed by atoms with van der Waals surface area (Å²) in [5, 5.41) is 18.0. The van der Waals surface area contributed by atoms with Gasteiger partial charge >= 0.3 is 17.9 Å². The molecule has 0 fully saturated rings. The number of halogens is 4. The van der Waals surface area contributed by atoms with Gasteiger partial charge in [-0.15, -0.1) is 11.6 Å².